The van der Waals surface area contributed by atoms with Gasteiger partial charge in [-0.05, 0) is 60.7 Å². The molecule has 2 amide bonds. The van der Waals surface area contributed by atoms with E-state index in [1.165, 1.54) is 48.5 Å². The van der Waals surface area contributed by atoms with Crippen LogP contribution in [0.15, 0.2) is 54.6 Å². The number of nitrogens with zero attached hydrogens (tertiary/aromatic N) is 1. The highest BCUT2D eigenvalue weighted by atomic mass is 16.4. The summed E-state index contributed by atoms with van der Waals surface area (Å²) in [6.45, 7) is -0.155. The average Bonchev–Trinajstić information content (AvgIpc) is 2.95. The van der Waals surface area contributed by atoms with Crippen LogP contribution < -0.4 is 11.1 Å². The summed E-state index contributed by atoms with van der Waals surface area (Å²) in [5.74, 6) is -7.43. The number of rotatable bonds is 10. The number of carboxylic acids is 1. The van der Waals surface area contributed by atoms with E-state index in [1.807, 2.05) is 0 Å². The molecule has 0 fully saturated rings. The number of amides is 2. The first-order chi connectivity index (χ1) is 19.9. The van der Waals surface area contributed by atoms with Crippen molar-refractivity contribution in [2.24, 2.45) is 5.73 Å². The van der Waals surface area contributed by atoms with Crippen LogP contribution in [-0.4, -0.2) is 83.3 Å². The van der Waals surface area contributed by atoms with Crippen LogP contribution in [0.25, 0.3) is 0 Å². The zero-order valence-electron chi connectivity index (χ0n) is 22.3. The van der Waals surface area contributed by atoms with Crippen LogP contribution in [0.4, 0.5) is 0 Å². The molecule has 0 saturated heterocycles. The van der Waals surface area contributed by atoms with Crippen molar-refractivity contribution in [2.75, 3.05) is 13.1 Å². The number of unbranched alkanes of at least 4 members (excludes halogenated alkanes) is 1. The number of aliphatic carboxylic acids is 1. The zero-order valence-corrected chi connectivity index (χ0v) is 22.3. The summed E-state index contributed by atoms with van der Waals surface area (Å²) in [7, 11) is 0. The van der Waals surface area contributed by atoms with Crippen molar-refractivity contribution in [1.29, 1.82) is 0 Å². The van der Waals surface area contributed by atoms with Crippen LogP contribution in [0.3, 0.4) is 0 Å². The molecular weight excluding hydrogens is 550 g/mol. The smallest absolute Gasteiger partial charge is 0.358 e. The summed E-state index contributed by atoms with van der Waals surface area (Å²) < 4.78 is 0. The van der Waals surface area contributed by atoms with E-state index in [4.69, 9.17) is 5.73 Å². The van der Waals surface area contributed by atoms with Gasteiger partial charge in [0.2, 0.25) is 0 Å². The number of phenols is 5. The molecule has 4 rings (SSSR count). The minimum atomic E-state index is -2.88. The highest BCUT2D eigenvalue weighted by Crippen LogP contribution is 2.49. The lowest BCUT2D eigenvalue weighted by Gasteiger charge is -2.49. The largest absolute Gasteiger partial charge is 0.508 e. The van der Waals surface area contributed by atoms with Crippen LogP contribution in [0.2, 0.25) is 0 Å². The third kappa shape index (κ3) is 5.22. The summed E-state index contributed by atoms with van der Waals surface area (Å²) >= 11 is 0. The molecule has 1 aliphatic rings. The number of phenolic OH excluding ortho intramolecular Hbond substituents is 5. The third-order valence-corrected chi connectivity index (χ3v) is 7.39. The van der Waals surface area contributed by atoms with Gasteiger partial charge in [-0.15, -0.1) is 0 Å². The Bertz CT molecular complexity index is 1510. The number of carboxylic acid groups (broad SMARTS) is 1. The fourth-order valence-corrected chi connectivity index (χ4v) is 5.31. The van der Waals surface area contributed by atoms with Crippen molar-refractivity contribution in [3.05, 3.63) is 76.9 Å². The maximum Gasteiger partial charge on any atom is 0.358 e. The van der Waals surface area contributed by atoms with Crippen LogP contribution >= 0.6 is 0 Å². The molecule has 0 aromatic heterocycles. The predicted octanol–water partition coefficient (Wildman–Crippen LogP) is 1.50. The Morgan fingerprint density at radius 2 is 1.60 bits per heavy atom. The fraction of sp³-hybridized carbons (Fsp3) is 0.276. The zero-order chi connectivity index (χ0) is 30.8. The van der Waals surface area contributed by atoms with E-state index in [-0.39, 0.29) is 42.0 Å². The Hall–Kier alpha value is -5.01. The fourth-order valence-electron chi connectivity index (χ4n) is 5.31. The number of aromatic hydroxyl groups is 5. The minimum Gasteiger partial charge on any atom is -0.508 e. The van der Waals surface area contributed by atoms with Crippen molar-refractivity contribution in [3.8, 4) is 28.7 Å². The third-order valence-electron chi connectivity index (χ3n) is 7.39. The van der Waals surface area contributed by atoms with Crippen molar-refractivity contribution in [2.45, 2.75) is 36.9 Å². The average molecular weight is 582 g/mol. The van der Waals surface area contributed by atoms with Crippen LogP contribution in [0.1, 0.15) is 57.0 Å². The van der Waals surface area contributed by atoms with Gasteiger partial charge >= 0.3 is 5.97 Å². The number of fused-ring (bicyclic) bond motifs is 1. The second-order valence-corrected chi connectivity index (χ2v) is 9.94. The van der Waals surface area contributed by atoms with E-state index < -0.39 is 64.0 Å². The van der Waals surface area contributed by atoms with Gasteiger partial charge in [0, 0.05) is 19.1 Å². The Morgan fingerprint density at radius 1 is 0.929 bits per heavy atom. The molecule has 222 valence electrons. The van der Waals surface area contributed by atoms with Crippen molar-refractivity contribution in [1.82, 2.24) is 10.2 Å². The SMILES string of the molecule is NCC(CCCCNC(=O)c1cccc(O)c1O)N1C(=O)c2c(ccc(O)c2O)C(c2ccc(O)cc2)C1(O)C(=O)O. The number of hydrogen-bond acceptors (Lipinski definition) is 10. The van der Waals surface area contributed by atoms with Gasteiger partial charge in [-0.3, -0.25) is 14.5 Å². The monoisotopic (exact) mass is 581 g/mol. The van der Waals surface area contributed by atoms with Gasteiger partial charge in [-0.25, -0.2) is 4.79 Å². The van der Waals surface area contributed by atoms with E-state index in [0.717, 1.165) is 6.07 Å². The number of carbonyl (C=O) groups is 3. The van der Waals surface area contributed by atoms with Gasteiger partial charge in [-0.1, -0.05) is 24.3 Å². The van der Waals surface area contributed by atoms with Gasteiger partial charge in [0.05, 0.1) is 17.0 Å². The number of benzene rings is 3. The number of nitrogens with one attached hydrogen (secondary N) is 1. The Kier molecular flexibility index (Phi) is 8.45. The highest BCUT2D eigenvalue weighted by Gasteiger charge is 2.59. The molecule has 1 heterocycles. The molecule has 0 aliphatic carbocycles. The molecule has 0 bridgehead atoms. The number of carbonyl (C=O) groups excluding carboxylic acids is 2. The summed E-state index contributed by atoms with van der Waals surface area (Å²) in [5, 5.41) is 74.9. The van der Waals surface area contributed by atoms with Crippen LogP contribution in [0.5, 0.6) is 28.7 Å². The van der Waals surface area contributed by atoms with Crippen LogP contribution in [-0.2, 0) is 4.79 Å². The van der Waals surface area contributed by atoms with E-state index in [2.05, 4.69) is 5.32 Å². The molecule has 13 nitrogen and oxygen atoms in total. The Morgan fingerprint density at radius 3 is 2.24 bits per heavy atom. The first kappa shape index (κ1) is 30.0. The molecule has 3 unspecified atom stereocenters. The van der Waals surface area contributed by atoms with E-state index >= 15 is 0 Å². The van der Waals surface area contributed by atoms with Gasteiger partial charge in [0.15, 0.2) is 23.0 Å². The molecule has 0 radical (unpaired) electrons. The molecule has 1 aliphatic heterocycles. The van der Waals surface area contributed by atoms with Crippen molar-refractivity contribution < 1.29 is 50.1 Å². The standard InChI is InChI=1S/C29H31N3O10/c30-14-16(4-1-2-13-31-26(38)19-5-3-6-20(34)24(19)36)32-27(39)22-18(11-12-21(35)25(22)37)23(29(32,42)28(40)41)15-7-9-17(33)10-8-15/h3,5-12,16,23,33-37,42H,1-2,4,13-14,30H2,(H,31,38)(H,40,41). The lowest BCUT2D eigenvalue weighted by atomic mass is 9.74. The molecule has 42 heavy (non-hydrogen) atoms. The number of hydrogen-bond donors (Lipinski definition) is 9. The normalized spacial score (nSPS) is 18.8. The molecule has 13 heteroatoms. The summed E-state index contributed by atoms with van der Waals surface area (Å²) in [6, 6.07) is 10.5. The van der Waals surface area contributed by atoms with Gasteiger partial charge in [0.1, 0.15) is 5.75 Å². The van der Waals surface area contributed by atoms with Gasteiger partial charge in [0.25, 0.3) is 17.5 Å². The maximum absolute atomic E-state index is 13.8. The Labute approximate surface area is 239 Å². The minimum absolute atomic E-state index is 0.0455. The molecule has 3 aromatic carbocycles. The number of para-hydroxylation sites is 1. The molecule has 3 atom stereocenters. The van der Waals surface area contributed by atoms with E-state index in [9.17, 15) is 50.1 Å². The summed E-state index contributed by atoms with van der Waals surface area (Å²) in [6.07, 6.45) is 0.720. The first-order valence-electron chi connectivity index (χ1n) is 13.1. The highest BCUT2D eigenvalue weighted by molar-refractivity contribution is 6.04. The van der Waals surface area contributed by atoms with Gasteiger partial charge < -0.3 is 46.8 Å². The van der Waals surface area contributed by atoms with Crippen molar-refractivity contribution in [3.63, 3.8) is 0 Å². The summed E-state index contributed by atoms with van der Waals surface area (Å²) in [5.41, 5.74) is 2.75. The lowest BCUT2D eigenvalue weighted by molar-refractivity contribution is -0.186. The second kappa shape index (κ2) is 11.8. The topological polar surface area (TPSA) is 234 Å². The molecular formula is C29H31N3O10. The molecule has 0 saturated carbocycles. The molecule has 0 spiro atoms. The van der Waals surface area contributed by atoms with Crippen molar-refractivity contribution >= 4 is 17.8 Å². The quantitative estimate of drug-likeness (QED) is 0.123. The number of aliphatic hydroxyl groups is 1. The molecule has 3 aromatic rings. The summed E-state index contributed by atoms with van der Waals surface area (Å²) in [4.78, 5) is 39.6. The first-order valence-corrected chi connectivity index (χ1v) is 13.1. The predicted molar refractivity (Wildman–Crippen MR) is 147 cm³/mol. The lowest BCUT2D eigenvalue weighted by Crippen LogP contribution is -2.67. The molecule has 10 N–H and O–H groups in total. The number of nitrogens with two attached hydrogens (primary N) is 1. The van der Waals surface area contributed by atoms with E-state index in [0.29, 0.717) is 17.7 Å². The van der Waals surface area contributed by atoms with Gasteiger partial charge in [-0.2, -0.15) is 0 Å². The maximum atomic E-state index is 13.8. The Balaban J connectivity index is 1.61. The second-order valence-electron chi connectivity index (χ2n) is 9.94. The van der Waals surface area contributed by atoms with Crippen LogP contribution in [0, 0.1) is 0 Å². The van der Waals surface area contributed by atoms with E-state index in [1.54, 1.807) is 0 Å².